The fraction of sp³-hybridized carbons (Fsp3) is 0.312. The van der Waals surface area contributed by atoms with Crippen LogP contribution in [0.25, 0.3) is 0 Å². The quantitative estimate of drug-likeness (QED) is 0.325. The van der Waals surface area contributed by atoms with Gasteiger partial charge in [0.15, 0.2) is 17.5 Å². The van der Waals surface area contributed by atoms with Gasteiger partial charge in [0.25, 0.3) is 0 Å². The van der Waals surface area contributed by atoms with E-state index in [-0.39, 0.29) is 24.0 Å². The molecule has 1 heterocycles. The molecule has 2 rings (SSSR count). The van der Waals surface area contributed by atoms with Crippen molar-refractivity contribution in [2.45, 2.75) is 13.5 Å². The maximum absolute atomic E-state index is 5.59. The van der Waals surface area contributed by atoms with Gasteiger partial charge in [-0.1, -0.05) is 0 Å². The van der Waals surface area contributed by atoms with Crippen LogP contribution in [0.5, 0.6) is 11.5 Å². The number of methoxy groups -OCH3 is 1. The number of benzene rings is 1. The second kappa shape index (κ2) is 10.8. The predicted molar refractivity (Wildman–Crippen MR) is 115 cm³/mol. The third-order valence-corrected chi connectivity index (χ3v) is 4.63. The fourth-order valence-corrected chi connectivity index (χ4v) is 3.38. The third kappa shape index (κ3) is 6.14. The van der Waals surface area contributed by atoms with Crippen LogP contribution < -0.4 is 20.1 Å². The van der Waals surface area contributed by atoms with Gasteiger partial charge < -0.3 is 20.1 Å². The Kier molecular flexibility index (Phi) is 9.45. The zero-order valence-electron chi connectivity index (χ0n) is 13.8. The van der Waals surface area contributed by atoms with Crippen LogP contribution in [-0.4, -0.2) is 26.7 Å². The number of hydrogen-bond donors (Lipinski definition) is 2. The second-order valence-electron chi connectivity index (χ2n) is 4.56. The average molecular weight is 526 g/mol. The Morgan fingerprint density at radius 1 is 1.25 bits per heavy atom. The molecule has 0 amide bonds. The molecule has 0 saturated carbocycles. The fourth-order valence-electron chi connectivity index (χ4n) is 1.96. The van der Waals surface area contributed by atoms with Crippen molar-refractivity contribution in [1.29, 1.82) is 0 Å². The van der Waals surface area contributed by atoms with Crippen LogP contribution in [0.3, 0.4) is 0 Å². The van der Waals surface area contributed by atoms with E-state index >= 15 is 0 Å². The number of thiophene rings is 1. The Morgan fingerprint density at radius 3 is 2.62 bits per heavy atom. The van der Waals surface area contributed by atoms with Gasteiger partial charge in [0, 0.05) is 23.7 Å². The van der Waals surface area contributed by atoms with Gasteiger partial charge in [-0.25, -0.2) is 0 Å². The molecular weight excluding hydrogens is 505 g/mol. The highest BCUT2D eigenvalue weighted by Crippen LogP contribution is 2.30. The van der Waals surface area contributed by atoms with Crippen molar-refractivity contribution in [1.82, 2.24) is 5.32 Å². The summed E-state index contributed by atoms with van der Waals surface area (Å²) >= 11 is 5.16. The molecule has 132 valence electrons. The number of ether oxygens (including phenoxy) is 2. The van der Waals surface area contributed by atoms with Crippen LogP contribution in [0.4, 0.5) is 5.69 Å². The normalized spacial score (nSPS) is 10.8. The summed E-state index contributed by atoms with van der Waals surface area (Å²) in [5.41, 5.74) is 0.884. The molecule has 5 nitrogen and oxygen atoms in total. The number of rotatable bonds is 6. The summed E-state index contributed by atoms with van der Waals surface area (Å²) in [5.74, 6) is 2.11. The van der Waals surface area contributed by atoms with Crippen LogP contribution in [0.1, 0.15) is 11.8 Å². The van der Waals surface area contributed by atoms with Crippen molar-refractivity contribution in [2.24, 2.45) is 4.99 Å². The Bertz CT molecular complexity index is 679. The van der Waals surface area contributed by atoms with Crippen molar-refractivity contribution >= 4 is 62.9 Å². The highest BCUT2D eigenvalue weighted by atomic mass is 127. The second-order valence-corrected chi connectivity index (χ2v) is 7.10. The number of hydrogen-bond acceptors (Lipinski definition) is 4. The standard InChI is InChI=1S/C16H20BrN3O2S.HI/c1-4-22-14-9-11(5-7-13(14)21-3)20-16(18-2)19-10-12-6-8-15(17)23-12;/h5-9H,4,10H2,1-3H3,(H2,18,19,20);1H. The van der Waals surface area contributed by atoms with E-state index in [1.165, 1.54) is 4.88 Å². The summed E-state index contributed by atoms with van der Waals surface area (Å²) in [6.45, 7) is 3.24. The Balaban J connectivity index is 0.00000288. The van der Waals surface area contributed by atoms with Crippen molar-refractivity contribution in [3.05, 3.63) is 39.0 Å². The molecule has 2 N–H and O–H groups in total. The lowest BCUT2D eigenvalue weighted by Crippen LogP contribution is -2.29. The summed E-state index contributed by atoms with van der Waals surface area (Å²) in [4.78, 5) is 5.47. The average Bonchev–Trinajstić information content (AvgIpc) is 2.97. The monoisotopic (exact) mass is 525 g/mol. The molecule has 0 fully saturated rings. The van der Waals surface area contributed by atoms with Gasteiger partial charge in [0.2, 0.25) is 0 Å². The molecule has 0 spiro atoms. The first-order valence-corrected chi connectivity index (χ1v) is 8.80. The molecule has 0 aliphatic carbocycles. The SMILES string of the molecule is CCOc1cc(NC(=NC)NCc2ccc(Br)s2)ccc1OC.I. The molecule has 0 aliphatic rings. The lowest BCUT2D eigenvalue weighted by Gasteiger charge is -2.14. The molecule has 0 radical (unpaired) electrons. The van der Waals surface area contributed by atoms with Crippen LogP contribution in [-0.2, 0) is 6.54 Å². The third-order valence-electron chi connectivity index (χ3n) is 3.01. The Labute approximate surface area is 172 Å². The summed E-state index contributed by atoms with van der Waals surface area (Å²) < 4.78 is 12.0. The molecular formula is C16H21BrIN3O2S. The molecule has 0 unspecified atom stereocenters. The minimum absolute atomic E-state index is 0. The van der Waals surface area contributed by atoms with Crippen molar-refractivity contribution in [2.75, 3.05) is 26.1 Å². The van der Waals surface area contributed by atoms with Gasteiger partial charge in [-0.3, -0.25) is 4.99 Å². The van der Waals surface area contributed by atoms with Gasteiger partial charge >= 0.3 is 0 Å². The first-order valence-electron chi connectivity index (χ1n) is 7.19. The lowest BCUT2D eigenvalue weighted by atomic mass is 10.2. The van der Waals surface area contributed by atoms with Gasteiger partial charge in [-0.15, -0.1) is 35.3 Å². The minimum atomic E-state index is 0. The van der Waals surface area contributed by atoms with Gasteiger partial charge in [-0.05, 0) is 47.1 Å². The zero-order chi connectivity index (χ0) is 16.7. The summed E-state index contributed by atoms with van der Waals surface area (Å²) in [7, 11) is 3.37. The van der Waals surface area contributed by atoms with Crippen LogP contribution in [0.15, 0.2) is 39.1 Å². The van der Waals surface area contributed by atoms with E-state index in [9.17, 15) is 0 Å². The van der Waals surface area contributed by atoms with Gasteiger partial charge in [0.1, 0.15) is 0 Å². The molecule has 24 heavy (non-hydrogen) atoms. The van der Waals surface area contributed by atoms with Gasteiger partial charge in [-0.2, -0.15) is 0 Å². The van der Waals surface area contributed by atoms with E-state index in [2.05, 4.69) is 37.6 Å². The molecule has 0 bridgehead atoms. The largest absolute Gasteiger partial charge is 0.493 e. The number of anilines is 1. The van der Waals surface area contributed by atoms with Crippen molar-refractivity contribution in [3.8, 4) is 11.5 Å². The highest BCUT2D eigenvalue weighted by Gasteiger charge is 2.07. The van der Waals surface area contributed by atoms with E-state index in [4.69, 9.17) is 9.47 Å². The van der Waals surface area contributed by atoms with E-state index in [1.54, 1.807) is 25.5 Å². The Hall–Kier alpha value is -1.000. The van der Waals surface area contributed by atoms with E-state index in [0.29, 0.717) is 30.6 Å². The number of nitrogens with zero attached hydrogens (tertiary/aromatic N) is 1. The molecule has 1 aromatic heterocycles. The molecule has 2 aromatic rings. The maximum atomic E-state index is 5.59. The molecule has 8 heteroatoms. The van der Waals surface area contributed by atoms with Crippen LogP contribution in [0, 0.1) is 0 Å². The summed E-state index contributed by atoms with van der Waals surface area (Å²) in [6, 6.07) is 9.81. The topological polar surface area (TPSA) is 54.9 Å². The first-order chi connectivity index (χ1) is 11.2. The van der Waals surface area contributed by atoms with E-state index in [0.717, 1.165) is 9.47 Å². The van der Waals surface area contributed by atoms with Gasteiger partial charge in [0.05, 0.1) is 24.0 Å². The lowest BCUT2D eigenvalue weighted by molar-refractivity contribution is 0.311. The van der Waals surface area contributed by atoms with Crippen LogP contribution in [0.2, 0.25) is 0 Å². The summed E-state index contributed by atoms with van der Waals surface area (Å²) in [5, 5.41) is 6.54. The smallest absolute Gasteiger partial charge is 0.195 e. The van der Waals surface area contributed by atoms with Crippen molar-refractivity contribution in [3.63, 3.8) is 0 Å². The molecule has 0 atom stereocenters. The van der Waals surface area contributed by atoms with E-state index in [1.807, 2.05) is 31.2 Å². The summed E-state index contributed by atoms with van der Waals surface area (Å²) in [6.07, 6.45) is 0. The number of halogens is 2. The first kappa shape index (κ1) is 21.0. The highest BCUT2D eigenvalue weighted by molar-refractivity contribution is 14.0. The zero-order valence-corrected chi connectivity index (χ0v) is 18.5. The number of guanidine groups is 1. The maximum Gasteiger partial charge on any atom is 0.195 e. The molecule has 0 aliphatic heterocycles. The Morgan fingerprint density at radius 2 is 2.04 bits per heavy atom. The number of aliphatic imine (C=N–C) groups is 1. The number of nitrogens with one attached hydrogen (secondary N) is 2. The molecule has 1 aromatic carbocycles. The minimum Gasteiger partial charge on any atom is -0.493 e. The van der Waals surface area contributed by atoms with E-state index < -0.39 is 0 Å². The molecule has 0 saturated heterocycles. The van der Waals surface area contributed by atoms with Crippen LogP contribution >= 0.6 is 51.2 Å². The predicted octanol–water partition coefficient (Wildman–Crippen LogP) is 4.72. The van der Waals surface area contributed by atoms with Crippen molar-refractivity contribution < 1.29 is 9.47 Å².